The van der Waals surface area contributed by atoms with Crippen LogP contribution in [0.4, 0.5) is 0 Å². The van der Waals surface area contributed by atoms with E-state index in [0.717, 1.165) is 12.2 Å². The lowest BCUT2D eigenvalue weighted by Gasteiger charge is -2.12. The molecule has 0 aromatic carbocycles. The summed E-state index contributed by atoms with van der Waals surface area (Å²) in [6.07, 6.45) is 1.05. The Hall–Kier alpha value is -0.770. The number of carbonyl (C=O) groups excluding carboxylic acids is 1. The number of furan rings is 1. The standard InChI is InChI=1S/C13H20BrNO2/c1-8(2)5-11(14)7-15-13(16)12-6-9(3)17-10(12)4/h6,8,11H,5,7H2,1-4H3,(H,15,16). The number of carbonyl (C=O) groups is 1. The molecule has 1 atom stereocenters. The number of aryl methyl sites for hydroxylation is 2. The van der Waals surface area contributed by atoms with Crippen LogP contribution in [0.5, 0.6) is 0 Å². The van der Waals surface area contributed by atoms with E-state index < -0.39 is 0 Å². The first-order valence-corrected chi connectivity index (χ1v) is 6.81. The molecule has 17 heavy (non-hydrogen) atoms. The minimum atomic E-state index is -0.0624. The maximum Gasteiger partial charge on any atom is 0.254 e. The number of alkyl halides is 1. The molecule has 0 aliphatic rings. The Labute approximate surface area is 111 Å². The summed E-state index contributed by atoms with van der Waals surface area (Å²) in [5, 5.41) is 2.91. The summed E-state index contributed by atoms with van der Waals surface area (Å²) in [7, 11) is 0. The largest absolute Gasteiger partial charge is 0.466 e. The van der Waals surface area contributed by atoms with Crippen molar-refractivity contribution in [3.8, 4) is 0 Å². The van der Waals surface area contributed by atoms with Crippen molar-refractivity contribution in [2.24, 2.45) is 5.92 Å². The Morgan fingerprint density at radius 2 is 2.12 bits per heavy atom. The van der Waals surface area contributed by atoms with E-state index in [1.165, 1.54) is 0 Å². The minimum Gasteiger partial charge on any atom is -0.466 e. The smallest absolute Gasteiger partial charge is 0.254 e. The highest BCUT2D eigenvalue weighted by Crippen LogP contribution is 2.15. The molecule has 0 aliphatic heterocycles. The molecule has 0 saturated carbocycles. The molecule has 1 N–H and O–H groups in total. The van der Waals surface area contributed by atoms with Crippen LogP contribution in [0.3, 0.4) is 0 Å². The van der Waals surface area contributed by atoms with E-state index >= 15 is 0 Å². The molecule has 0 aliphatic carbocycles. The molecule has 1 unspecified atom stereocenters. The highest BCUT2D eigenvalue weighted by molar-refractivity contribution is 9.09. The highest BCUT2D eigenvalue weighted by atomic mass is 79.9. The fourth-order valence-corrected chi connectivity index (χ4v) is 2.66. The van der Waals surface area contributed by atoms with Gasteiger partial charge in [-0.05, 0) is 32.3 Å². The Kier molecular flexibility index (Phi) is 5.25. The van der Waals surface area contributed by atoms with Gasteiger partial charge in [-0.1, -0.05) is 29.8 Å². The summed E-state index contributed by atoms with van der Waals surface area (Å²) in [6, 6.07) is 1.77. The predicted molar refractivity (Wildman–Crippen MR) is 72.7 cm³/mol. The van der Waals surface area contributed by atoms with Gasteiger partial charge in [-0.3, -0.25) is 4.79 Å². The molecule has 0 bridgehead atoms. The summed E-state index contributed by atoms with van der Waals surface area (Å²) < 4.78 is 5.33. The molecule has 4 heteroatoms. The number of halogens is 1. The van der Waals surface area contributed by atoms with E-state index in [1.54, 1.807) is 6.07 Å². The zero-order valence-electron chi connectivity index (χ0n) is 10.8. The van der Waals surface area contributed by atoms with Gasteiger partial charge in [0.1, 0.15) is 11.5 Å². The fourth-order valence-electron chi connectivity index (χ4n) is 1.75. The normalized spacial score (nSPS) is 12.8. The number of hydrogen-bond acceptors (Lipinski definition) is 2. The monoisotopic (exact) mass is 301 g/mol. The molecule has 1 aromatic heterocycles. The second kappa shape index (κ2) is 6.24. The van der Waals surface area contributed by atoms with Gasteiger partial charge in [0, 0.05) is 11.4 Å². The minimum absolute atomic E-state index is 0.0624. The molecule has 0 radical (unpaired) electrons. The topological polar surface area (TPSA) is 42.2 Å². The second-order valence-electron chi connectivity index (χ2n) is 4.76. The van der Waals surface area contributed by atoms with E-state index in [0.29, 0.717) is 28.6 Å². The molecule has 3 nitrogen and oxygen atoms in total. The van der Waals surface area contributed by atoms with Gasteiger partial charge < -0.3 is 9.73 Å². The molecule has 0 saturated heterocycles. The Morgan fingerprint density at radius 1 is 1.47 bits per heavy atom. The van der Waals surface area contributed by atoms with E-state index in [9.17, 15) is 4.79 Å². The summed E-state index contributed by atoms with van der Waals surface area (Å²) in [6.45, 7) is 8.62. The molecule has 0 spiro atoms. The van der Waals surface area contributed by atoms with Crippen LogP contribution < -0.4 is 5.32 Å². The van der Waals surface area contributed by atoms with Gasteiger partial charge in [-0.15, -0.1) is 0 Å². The first-order valence-electron chi connectivity index (χ1n) is 5.89. The molecule has 0 fully saturated rings. The number of rotatable bonds is 5. The van der Waals surface area contributed by atoms with Crippen LogP contribution >= 0.6 is 15.9 Å². The van der Waals surface area contributed by atoms with Gasteiger partial charge >= 0.3 is 0 Å². The molecular formula is C13H20BrNO2. The molecule has 1 aromatic rings. The van der Waals surface area contributed by atoms with Crippen molar-refractivity contribution in [3.63, 3.8) is 0 Å². The van der Waals surface area contributed by atoms with Crippen molar-refractivity contribution in [1.82, 2.24) is 5.32 Å². The summed E-state index contributed by atoms with van der Waals surface area (Å²) >= 11 is 3.57. The number of nitrogens with one attached hydrogen (secondary N) is 1. The summed E-state index contributed by atoms with van der Waals surface area (Å²) in [5.41, 5.74) is 0.631. The maximum absolute atomic E-state index is 11.9. The van der Waals surface area contributed by atoms with E-state index in [4.69, 9.17) is 4.42 Å². The molecule has 1 rings (SSSR count). The van der Waals surface area contributed by atoms with Gasteiger partial charge in [0.05, 0.1) is 5.56 Å². The third kappa shape index (κ3) is 4.54. The molecule has 96 valence electrons. The first-order chi connectivity index (χ1) is 7.90. The highest BCUT2D eigenvalue weighted by Gasteiger charge is 2.14. The lowest BCUT2D eigenvalue weighted by molar-refractivity contribution is 0.0952. The van der Waals surface area contributed by atoms with Gasteiger partial charge in [0.25, 0.3) is 5.91 Å². The van der Waals surface area contributed by atoms with E-state index in [1.807, 2.05) is 13.8 Å². The van der Waals surface area contributed by atoms with Crippen LogP contribution in [0.1, 0.15) is 42.1 Å². The SMILES string of the molecule is Cc1cc(C(=O)NCC(Br)CC(C)C)c(C)o1. The van der Waals surface area contributed by atoms with Crippen molar-refractivity contribution in [1.29, 1.82) is 0 Å². The van der Waals surface area contributed by atoms with Crippen molar-refractivity contribution in [2.45, 2.75) is 38.9 Å². The quantitative estimate of drug-likeness (QED) is 0.847. The van der Waals surface area contributed by atoms with Gasteiger partial charge in [0.2, 0.25) is 0 Å². The van der Waals surface area contributed by atoms with Gasteiger partial charge in [-0.25, -0.2) is 0 Å². The number of hydrogen-bond donors (Lipinski definition) is 1. The van der Waals surface area contributed by atoms with Gasteiger partial charge in [-0.2, -0.15) is 0 Å². The molecular weight excluding hydrogens is 282 g/mol. The van der Waals surface area contributed by atoms with Crippen LogP contribution in [-0.2, 0) is 0 Å². The van der Waals surface area contributed by atoms with Crippen molar-refractivity contribution in [2.75, 3.05) is 6.54 Å². The van der Waals surface area contributed by atoms with Crippen LogP contribution in [0, 0.1) is 19.8 Å². The van der Waals surface area contributed by atoms with Crippen molar-refractivity contribution < 1.29 is 9.21 Å². The predicted octanol–water partition coefficient (Wildman–Crippen LogP) is 3.44. The van der Waals surface area contributed by atoms with Crippen LogP contribution in [0.2, 0.25) is 0 Å². The zero-order chi connectivity index (χ0) is 13.0. The average Bonchev–Trinajstić information content (AvgIpc) is 2.53. The van der Waals surface area contributed by atoms with Crippen LogP contribution in [-0.4, -0.2) is 17.3 Å². The third-order valence-corrected chi connectivity index (χ3v) is 3.19. The summed E-state index contributed by atoms with van der Waals surface area (Å²) in [5.74, 6) is 2.00. The lowest BCUT2D eigenvalue weighted by atomic mass is 10.1. The zero-order valence-corrected chi connectivity index (χ0v) is 12.4. The first kappa shape index (κ1) is 14.3. The van der Waals surface area contributed by atoms with Crippen molar-refractivity contribution >= 4 is 21.8 Å². The van der Waals surface area contributed by atoms with Crippen LogP contribution in [0.25, 0.3) is 0 Å². The Morgan fingerprint density at radius 3 is 2.59 bits per heavy atom. The Bertz CT molecular complexity index is 385. The molecule has 1 heterocycles. The fraction of sp³-hybridized carbons (Fsp3) is 0.615. The average molecular weight is 302 g/mol. The lowest BCUT2D eigenvalue weighted by Crippen LogP contribution is -2.30. The van der Waals surface area contributed by atoms with E-state index in [-0.39, 0.29) is 5.91 Å². The van der Waals surface area contributed by atoms with Crippen LogP contribution in [0.15, 0.2) is 10.5 Å². The van der Waals surface area contributed by atoms with Gasteiger partial charge in [0.15, 0.2) is 0 Å². The summed E-state index contributed by atoms with van der Waals surface area (Å²) in [4.78, 5) is 12.2. The van der Waals surface area contributed by atoms with Crippen molar-refractivity contribution in [3.05, 3.63) is 23.2 Å². The number of amides is 1. The maximum atomic E-state index is 11.9. The van der Waals surface area contributed by atoms with E-state index in [2.05, 4.69) is 35.1 Å². The third-order valence-electron chi connectivity index (χ3n) is 2.50. The second-order valence-corrected chi connectivity index (χ2v) is 6.06. The molecule has 1 amide bonds. The Balaban J connectivity index is 2.47.